The summed E-state index contributed by atoms with van der Waals surface area (Å²) in [4.78, 5) is 10.5. The average molecular weight is 423 g/mol. The van der Waals surface area contributed by atoms with E-state index in [1.807, 2.05) is 0 Å². The number of rotatable bonds is 12. The molecule has 1 aromatic rings. The van der Waals surface area contributed by atoms with E-state index in [1.165, 1.54) is 24.3 Å². The Morgan fingerprint density at radius 3 is 2.63 bits per heavy atom. The molecule has 1 aliphatic carbocycles. The molecule has 0 amide bonds. The minimum atomic E-state index is -0.785. The van der Waals surface area contributed by atoms with Crippen LogP contribution in [0.2, 0.25) is 0 Å². The van der Waals surface area contributed by atoms with Crippen molar-refractivity contribution in [2.75, 3.05) is 0 Å². The second kappa shape index (κ2) is 12.0. The summed E-state index contributed by atoms with van der Waals surface area (Å²) in [6.45, 7) is 4.11. The van der Waals surface area contributed by atoms with Gasteiger partial charge in [-0.2, -0.15) is 0 Å². The van der Waals surface area contributed by atoms with E-state index in [0.717, 1.165) is 37.3 Å². The van der Waals surface area contributed by atoms with Gasteiger partial charge in [-0.05, 0) is 56.1 Å². The summed E-state index contributed by atoms with van der Waals surface area (Å²) in [7, 11) is 0. The Labute approximate surface area is 176 Å². The van der Waals surface area contributed by atoms with Crippen molar-refractivity contribution < 1.29 is 28.9 Å². The van der Waals surface area contributed by atoms with Crippen LogP contribution < -0.4 is 0 Å². The predicted molar refractivity (Wildman–Crippen MR) is 113 cm³/mol. The fourth-order valence-corrected chi connectivity index (χ4v) is 4.26. The summed E-state index contributed by atoms with van der Waals surface area (Å²) in [5.41, 5.74) is 1.25. The summed E-state index contributed by atoms with van der Waals surface area (Å²) < 4.78 is 26.6. The van der Waals surface area contributed by atoms with Gasteiger partial charge < -0.3 is 15.3 Å². The Bertz CT molecular complexity index is 747. The van der Waals surface area contributed by atoms with Gasteiger partial charge in [-0.3, -0.25) is 4.79 Å². The maximum Gasteiger partial charge on any atom is 0.303 e. The molecule has 1 aliphatic rings. The van der Waals surface area contributed by atoms with Crippen molar-refractivity contribution in [2.45, 2.75) is 70.0 Å². The Morgan fingerprint density at radius 1 is 1.20 bits per heavy atom. The van der Waals surface area contributed by atoms with Crippen LogP contribution in [0.15, 0.2) is 36.4 Å². The molecule has 0 heterocycles. The first-order chi connectivity index (χ1) is 14.3. The van der Waals surface area contributed by atoms with Crippen LogP contribution in [0, 0.1) is 23.5 Å². The Hall–Kier alpha value is -2.05. The van der Waals surface area contributed by atoms with E-state index < -0.39 is 29.8 Å². The van der Waals surface area contributed by atoms with Gasteiger partial charge in [0.15, 0.2) is 0 Å². The SMILES string of the molecule is C=C1C[C@@H](O)C(CCC(O)/C=C/c2ccc(F)cc2F)[C@H]1CCCCCCC(=O)O. The van der Waals surface area contributed by atoms with Gasteiger partial charge in [0.25, 0.3) is 0 Å². The molecule has 2 unspecified atom stereocenters. The molecule has 1 saturated carbocycles. The van der Waals surface area contributed by atoms with Gasteiger partial charge in [0.2, 0.25) is 0 Å². The van der Waals surface area contributed by atoms with E-state index >= 15 is 0 Å². The summed E-state index contributed by atoms with van der Waals surface area (Å²) in [5.74, 6) is -1.86. The molecule has 4 atom stereocenters. The number of halogens is 2. The van der Waals surface area contributed by atoms with Gasteiger partial charge in [-0.1, -0.05) is 43.6 Å². The molecule has 6 heteroatoms. The van der Waals surface area contributed by atoms with E-state index in [1.54, 1.807) is 0 Å². The zero-order valence-corrected chi connectivity index (χ0v) is 17.3. The lowest BCUT2D eigenvalue weighted by atomic mass is 9.84. The van der Waals surface area contributed by atoms with Crippen molar-refractivity contribution >= 4 is 12.0 Å². The molecule has 1 aromatic carbocycles. The summed E-state index contributed by atoms with van der Waals surface area (Å²) in [5, 5.41) is 29.3. The number of hydrogen-bond acceptors (Lipinski definition) is 3. The third kappa shape index (κ3) is 7.65. The van der Waals surface area contributed by atoms with Gasteiger partial charge in [0, 0.05) is 18.1 Å². The van der Waals surface area contributed by atoms with E-state index in [-0.39, 0.29) is 23.8 Å². The second-order valence-corrected chi connectivity index (χ2v) is 8.22. The molecular formula is C24H32F2O4. The lowest BCUT2D eigenvalue weighted by Gasteiger charge is -2.23. The molecule has 0 saturated heterocycles. The van der Waals surface area contributed by atoms with Crippen LogP contribution in [-0.2, 0) is 4.79 Å². The lowest BCUT2D eigenvalue weighted by Crippen LogP contribution is -2.21. The molecule has 1 fully saturated rings. The maximum absolute atomic E-state index is 13.7. The highest BCUT2D eigenvalue weighted by molar-refractivity contribution is 5.66. The van der Waals surface area contributed by atoms with Crippen LogP contribution in [-0.4, -0.2) is 33.5 Å². The average Bonchev–Trinajstić information content (AvgIpc) is 2.94. The number of carbonyl (C=O) groups is 1. The molecule has 4 nitrogen and oxygen atoms in total. The topological polar surface area (TPSA) is 77.8 Å². The Kier molecular flexibility index (Phi) is 9.66. The van der Waals surface area contributed by atoms with Crippen LogP contribution in [0.4, 0.5) is 8.78 Å². The molecule has 0 spiro atoms. The second-order valence-electron chi connectivity index (χ2n) is 8.22. The Balaban J connectivity index is 1.80. The number of unbranched alkanes of at least 4 members (excludes halogenated alkanes) is 3. The van der Waals surface area contributed by atoms with Crippen molar-refractivity contribution in [3.63, 3.8) is 0 Å². The van der Waals surface area contributed by atoms with Crippen molar-refractivity contribution in [3.8, 4) is 0 Å². The maximum atomic E-state index is 13.7. The molecule has 0 bridgehead atoms. The monoisotopic (exact) mass is 422 g/mol. The number of aliphatic hydroxyl groups excluding tert-OH is 2. The minimum absolute atomic E-state index is 0.0297. The first kappa shape index (κ1) is 24.2. The third-order valence-corrected chi connectivity index (χ3v) is 5.92. The van der Waals surface area contributed by atoms with Crippen LogP contribution in [0.5, 0.6) is 0 Å². The van der Waals surface area contributed by atoms with Crippen molar-refractivity contribution in [3.05, 3.63) is 53.6 Å². The third-order valence-electron chi connectivity index (χ3n) is 5.92. The van der Waals surface area contributed by atoms with Gasteiger partial charge >= 0.3 is 5.97 Å². The van der Waals surface area contributed by atoms with Gasteiger partial charge in [0.1, 0.15) is 11.6 Å². The summed E-state index contributed by atoms with van der Waals surface area (Å²) in [6, 6.07) is 3.30. The zero-order valence-electron chi connectivity index (χ0n) is 17.3. The first-order valence-corrected chi connectivity index (χ1v) is 10.7. The standard InChI is InChI=1S/C24H32F2O4/c1-16-14-23(28)21(20(16)6-4-2-3-5-7-24(29)30)13-12-19(27)11-9-17-8-10-18(25)15-22(17)26/h8-11,15,19-21,23,27-28H,1-7,12-14H2,(H,29,30)/b11-9+/t19?,20-,21?,23+/m0/s1. The van der Waals surface area contributed by atoms with Crippen LogP contribution in [0.3, 0.4) is 0 Å². The predicted octanol–water partition coefficient (Wildman–Crippen LogP) is 5.10. The highest BCUT2D eigenvalue weighted by Crippen LogP contribution is 2.41. The van der Waals surface area contributed by atoms with Crippen LogP contribution in [0.1, 0.15) is 63.4 Å². The normalized spacial score (nSPS) is 22.7. The van der Waals surface area contributed by atoms with Crippen molar-refractivity contribution in [1.82, 2.24) is 0 Å². The number of aliphatic carboxylic acids is 1. The summed E-state index contributed by atoms with van der Waals surface area (Å²) >= 11 is 0. The highest BCUT2D eigenvalue weighted by atomic mass is 19.1. The van der Waals surface area contributed by atoms with E-state index in [2.05, 4.69) is 6.58 Å². The van der Waals surface area contributed by atoms with Crippen molar-refractivity contribution in [1.29, 1.82) is 0 Å². The number of carboxylic acid groups (broad SMARTS) is 1. The number of benzene rings is 1. The molecule has 0 aromatic heterocycles. The Morgan fingerprint density at radius 2 is 1.93 bits per heavy atom. The molecule has 0 aliphatic heterocycles. The van der Waals surface area contributed by atoms with Gasteiger partial charge in [-0.25, -0.2) is 8.78 Å². The molecule has 30 heavy (non-hydrogen) atoms. The highest BCUT2D eigenvalue weighted by Gasteiger charge is 2.36. The number of aliphatic hydroxyl groups is 2. The van der Waals surface area contributed by atoms with E-state index in [0.29, 0.717) is 25.7 Å². The van der Waals surface area contributed by atoms with E-state index in [4.69, 9.17) is 5.11 Å². The van der Waals surface area contributed by atoms with E-state index in [9.17, 15) is 23.8 Å². The largest absolute Gasteiger partial charge is 0.481 e. The van der Waals surface area contributed by atoms with Crippen LogP contribution >= 0.6 is 0 Å². The first-order valence-electron chi connectivity index (χ1n) is 10.7. The number of hydrogen-bond donors (Lipinski definition) is 3. The van der Waals surface area contributed by atoms with Crippen molar-refractivity contribution in [2.24, 2.45) is 11.8 Å². The lowest BCUT2D eigenvalue weighted by molar-refractivity contribution is -0.137. The molecule has 3 N–H and O–H groups in total. The smallest absolute Gasteiger partial charge is 0.303 e. The molecule has 2 rings (SSSR count). The van der Waals surface area contributed by atoms with Gasteiger partial charge in [0.05, 0.1) is 12.2 Å². The van der Waals surface area contributed by atoms with Crippen LogP contribution in [0.25, 0.3) is 6.08 Å². The summed E-state index contributed by atoms with van der Waals surface area (Å²) in [6.07, 6.45) is 7.88. The van der Waals surface area contributed by atoms with Gasteiger partial charge in [-0.15, -0.1) is 0 Å². The minimum Gasteiger partial charge on any atom is -0.481 e. The zero-order chi connectivity index (χ0) is 22.1. The molecule has 0 radical (unpaired) electrons. The fourth-order valence-electron chi connectivity index (χ4n) is 4.26. The quantitative estimate of drug-likeness (QED) is 0.324. The molecular weight excluding hydrogens is 390 g/mol. The number of carboxylic acids is 1. The fraction of sp³-hybridized carbons (Fsp3) is 0.542. The molecule has 166 valence electrons.